The van der Waals surface area contributed by atoms with Gasteiger partial charge in [-0.3, -0.25) is 0 Å². The van der Waals surface area contributed by atoms with E-state index in [1.165, 1.54) is 12.8 Å². The molecule has 1 atom stereocenters. The van der Waals surface area contributed by atoms with Crippen LogP contribution in [0.4, 0.5) is 0 Å². The van der Waals surface area contributed by atoms with Crippen molar-refractivity contribution in [1.29, 1.82) is 0 Å². The minimum absolute atomic E-state index is 0.404. The van der Waals surface area contributed by atoms with Gasteiger partial charge in [0.05, 0.1) is 25.9 Å². The highest BCUT2D eigenvalue weighted by atomic mass is 16.5. The van der Waals surface area contributed by atoms with Gasteiger partial charge < -0.3 is 24.6 Å². The zero-order valence-electron chi connectivity index (χ0n) is 11.4. The molecule has 2 N–H and O–H groups in total. The lowest BCUT2D eigenvalue weighted by molar-refractivity contribution is 0.0319. The SMILES string of the molecule is COCCOCCCNCC(O)COCC1CC1. The van der Waals surface area contributed by atoms with E-state index in [4.69, 9.17) is 14.2 Å². The number of methoxy groups -OCH3 is 1. The number of aliphatic hydroxyl groups excluding tert-OH is 1. The zero-order chi connectivity index (χ0) is 13.1. The first-order valence-electron chi connectivity index (χ1n) is 6.86. The smallest absolute Gasteiger partial charge is 0.0897 e. The molecule has 0 bridgehead atoms. The van der Waals surface area contributed by atoms with Gasteiger partial charge in [0.1, 0.15) is 0 Å². The molecule has 18 heavy (non-hydrogen) atoms. The Bertz CT molecular complexity index is 188. The van der Waals surface area contributed by atoms with Crippen LogP contribution >= 0.6 is 0 Å². The molecule has 1 rings (SSSR count). The van der Waals surface area contributed by atoms with Crippen molar-refractivity contribution in [2.24, 2.45) is 5.92 Å². The molecular weight excluding hydrogens is 234 g/mol. The second kappa shape index (κ2) is 10.7. The predicted octanol–water partition coefficient (Wildman–Crippen LogP) is 0.417. The van der Waals surface area contributed by atoms with E-state index in [0.717, 1.165) is 32.1 Å². The molecule has 1 aliphatic rings. The molecule has 0 aromatic carbocycles. The number of ether oxygens (including phenoxy) is 3. The van der Waals surface area contributed by atoms with Crippen LogP contribution in [0.25, 0.3) is 0 Å². The summed E-state index contributed by atoms with van der Waals surface area (Å²) in [5.41, 5.74) is 0. The largest absolute Gasteiger partial charge is 0.389 e. The van der Waals surface area contributed by atoms with E-state index in [1.54, 1.807) is 7.11 Å². The Labute approximate surface area is 110 Å². The third-order valence-corrected chi connectivity index (χ3v) is 2.81. The number of hydrogen-bond donors (Lipinski definition) is 2. The lowest BCUT2D eigenvalue weighted by Crippen LogP contribution is -2.31. The van der Waals surface area contributed by atoms with Gasteiger partial charge in [-0.25, -0.2) is 0 Å². The maximum atomic E-state index is 9.62. The highest BCUT2D eigenvalue weighted by molar-refractivity contribution is 4.72. The first-order valence-corrected chi connectivity index (χ1v) is 6.86. The number of nitrogens with one attached hydrogen (secondary N) is 1. The number of hydrogen-bond acceptors (Lipinski definition) is 5. The molecule has 1 unspecified atom stereocenters. The quantitative estimate of drug-likeness (QED) is 0.470. The van der Waals surface area contributed by atoms with E-state index in [9.17, 15) is 5.11 Å². The Hall–Kier alpha value is -0.200. The highest BCUT2D eigenvalue weighted by Crippen LogP contribution is 2.28. The van der Waals surface area contributed by atoms with Gasteiger partial charge in [0, 0.05) is 26.9 Å². The van der Waals surface area contributed by atoms with Crippen molar-refractivity contribution in [2.45, 2.75) is 25.4 Å². The van der Waals surface area contributed by atoms with Crippen LogP contribution < -0.4 is 5.32 Å². The van der Waals surface area contributed by atoms with Gasteiger partial charge in [0.25, 0.3) is 0 Å². The summed E-state index contributed by atoms with van der Waals surface area (Å²) >= 11 is 0. The summed E-state index contributed by atoms with van der Waals surface area (Å²) in [6.45, 7) is 4.71. The van der Waals surface area contributed by atoms with Gasteiger partial charge >= 0.3 is 0 Å². The molecule has 0 amide bonds. The average Bonchev–Trinajstić information content (AvgIpc) is 3.17. The summed E-state index contributed by atoms with van der Waals surface area (Å²) in [4.78, 5) is 0. The van der Waals surface area contributed by atoms with Crippen molar-refractivity contribution in [3.8, 4) is 0 Å². The molecule has 0 heterocycles. The van der Waals surface area contributed by atoms with Crippen molar-refractivity contribution < 1.29 is 19.3 Å². The van der Waals surface area contributed by atoms with Crippen molar-refractivity contribution in [3.63, 3.8) is 0 Å². The van der Waals surface area contributed by atoms with Gasteiger partial charge in [-0.2, -0.15) is 0 Å². The lowest BCUT2D eigenvalue weighted by Gasteiger charge is -2.12. The Balaban J connectivity index is 1.73. The van der Waals surface area contributed by atoms with E-state index in [0.29, 0.717) is 26.4 Å². The van der Waals surface area contributed by atoms with Crippen LogP contribution in [0.15, 0.2) is 0 Å². The molecule has 0 radical (unpaired) electrons. The van der Waals surface area contributed by atoms with Gasteiger partial charge in [-0.05, 0) is 31.7 Å². The zero-order valence-corrected chi connectivity index (χ0v) is 11.4. The van der Waals surface area contributed by atoms with Crippen molar-refractivity contribution in [2.75, 3.05) is 53.2 Å². The number of aliphatic hydroxyl groups is 1. The Morgan fingerprint density at radius 3 is 2.78 bits per heavy atom. The molecule has 0 aromatic rings. The molecule has 1 aliphatic carbocycles. The topological polar surface area (TPSA) is 60.0 Å². The Morgan fingerprint density at radius 2 is 2.06 bits per heavy atom. The Kier molecular flexibility index (Phi) is 9.42. The lowest BCUT2D eigenvalue weighted by atomic mass is 10.3. The van der Waals surface area contributed by atoms with Crippen LogP contribution in [0, 0.1) is 5.92 Å². The standard InChI is InChI=1S/C13H27NO4/c1-16-7-8-17-6-2-5-14-9-13(15)11-18-10-12-3-4-12/h12-15H,2-11H2,1H3. The molecule has 1 fully saturated rings. The third kappa shape index (κ3) is 9.79. The van der Waals surface area contributed by atoms with Crippen LogP contribution in [0.2, 0.25) is 0 Å². The first kappa shape index (κ1) is 15.9. The fraction of sp³-hybridized carbons (Fsp3) is 1.00. The second-order valence-corrected chi connectivity index (χ2v) is 4.80. The van der Waals surface area contributed by atoms with Crippen molar-refractivity contribution in [1.82, 2.24) is 5.32 Å². The van der Waals surface area contributed by atoms with E-state index in [2.05, 4.69) is 5.32 Å². The van der Waals surface area contributed by atoms with Crippen molar-refractivity contribution in [3.05, 3.63) is 0 Å². The maximum Gasteiger partial charge on any atom is 0.0897 e. The van der Waals surface area contributed by atoms with Crippen LogP contribution in [-0.4, -0.2) is 64.4 Å². The van der Waals surface area contributed by atoms with Gasteiger partial charge in [-0.1, -0.05) is 0 Å². The molecule has 5 nitrogen and oxygen atoms in total. The van der Waals surface area contributed by atoms with Crippen LogP contribution in [0.1, 0.15) is 19.3 Å². The average molecular weight is 261 g/mol. The summed E-state index contributed by atoms with van der Waals surface area (Å²) in [5, 5.41) is 12.8. The van der Waals surface area contributed by atoms with Crippen LogP contribution in [-0.2, 0) is 14.2 Å². The van der Waals surface area contributed by atoms with Crippen LogP contribution in [0.5, 0.6) is 0 Å². The second-order valence-electron chi connectivity index (χ2n) is 4.80. The molecule has 0 aromatic heterocycles. The summed E-state index contributed by atoms with van der Waals surface area (Å²) in [5.74, 6) is 0.759. The summed E-state index contributed by atoms with van der Waals surface area (Å²) in [6, 6.07) is 0. The molecule has 0 saturated heterocycles. The fourth-order valence-corrected chi connectivity index (χ4v) is 1.53. The van der Waals surface area contributed by atoms with E-state index >= 15 is 0 Å². The summed E-state index contributed by atoms with van der Waals surface area (Å²) in [7, 11) is 1.66. The Morgan fingerprint density at radius 1 is 1.22 bits per heavy atom. The van der Waals surface area contributed by atoms with Gasteiger partial charge in [0.15, 0.2) is 0 Å². The van der Waals surface area contributed by atoms with E-state index in [1.807, 2.05) is 0 Å². The van der Waals surface area contributed by atoms with E-state index < -0.39 is 6.10 Å². The minimum atomic E-state index is -0.404. The summed E-state index contributed by atoms with van der Waals surface area (Å²) < 4.78 is 15.6. The molecule has 1 saturated carbocycles. The molecular formula is C13H27NO4. The number of rotatable bonds is 13. The molecule has 108 valence electrons. The maximum absolute atomic E-state index is 9.62. The third-order valence-electron chi connectivity index (χ3n) is 2.81. The molecule has 5 heteroatoms. The highest BCUT2D eigenvalue weighted by Gasteiger charge is 2.21. The van der Waals surface area contributed by atoms with Gasteiger partial charge in [-0.15, -0.1) is 0 Å². The van der Waals surface area contributed by atoms with E-state index in [-0.39, 0.29) is 0 Å². The summed E-state index contributed by atoms with van der Waals surface area (Å²) in [6.07, 6.45) is 3.12. The van der Waals surface area contributed by atoms with Crippen LogP contribution in [0.3, 0.4) is 0 Å². The van der Waals surface area contributed by atoms with Crippen molar-refractivity contribution >= 4 is 0 Å². The first-order chi connectivity index (χ1) is 8.83. The minimum Gasteiger partial charge on any atom is -0.389 e. The van der Waals surface area contributed by atoms with Gasteiger partial charge in [0.2, 0.25) is 0 Å². The fourth-order valence-electron chi connectivity index (χ4n) is 1.53. The monoisotopic (exact) mass is 261 g/mol. The molecule has 0 spiro atoms. The normalized spacial score (nSPS) is 17.0. The predicted molar refractivity (Wildman–Crippen MR) is 69.7 cm³/mol. The molecule has 0 aliphatic heterocycles.